The highest BCUT2D eigenvalue weighted by Crippen LogP contribution is 2.32. The lowest BCUT2D eigenvalue weighted by molar-refractivity contribution is -0.126. The highest BCUT2D eigenvalue weighted by Gasteiger charge is 2.30. The number of Topliss-reactive ketones (excluding diaryl/α,β-unsaturated/α-hetero) is 1. The SMILES string of the molecule is CC(C)C1CCC(=O)C(CN(C)CCc2ccncc2)C1. The number of hydrogen-bond donors (Lipinski definition) is 0. The number of carbonyl (C=O) groups excluding carboxylic acids is 1. The van der Waals surface area contributed by atoms with Crippen molar-refractivity contribution < 1.29 is 4.79 Å². The molecule has 3 heteroatoms. The molecule has 0 aromatic carbocycles. The average Bonchev–Trinajstić information content (AvgIpc) is 2.48. The Bertz CT molecular complexity index is 444. The first-order chi connectivity index (χ1) is 10.1. The lowest BCUT2D eigenvalue weighted by atomic mass is 9.75. The maximum absolute atomic E-state index is 12.1. The van der Waals surface area contributed by atoms with Crippen LogP contribution in [0.1, 0.15) is 38.7 Å². The van der Waals surface area contributed by atoms with Gasteiger partial charge in [-0.1, -0.05) is 13.8 Å². The van der Waals surface area contributed by atoms with Crippen LogP contribution in [-0.2, 0) is 11.2 Å². The minimum atomic E-state index is 0.244. The molecule has 2 atom stereocenters. The summed E-state index contributed by atoms with van der Waals surface area (Å²) in [6.45, 7) is 6.47. The maximum atomic E-state index is 12.1. The van der Waals surface area contributed by atoms with E-state index >= 15 is 0 Å². The molecule has 2 unspecified atom stereocenters. The summed E-state index contributed by atoms with van der Waals surface area (Å²) in [5, 5.41) is 0. The number of carbonyl (C=O) groups is 1. The molecule has 2 rings (SSSR count). The molecular weight excluding hydrogens is 260 g/mol. The van der Waals surface area contributed by atoms with Crippen LogP contribution in [0.5, 0.6) is 0 Å². The van der Waals surface area contributed by atoms with E-state index in [0.29, 0.717) is 11.7 Å². The van der Waals surface area contributed by atoms with Gasteiger partial charge in [-0.25, -0.2) is 0 Å². The minimum absolute atomic E-state index is 0.244. The Morgan fingerprint density at radius 2 is 2.05 bits per heavy atom. The summed E-state index contributed by atoms with van der Waals surface area (Å²) in [6.07, 6.45) is 7.66. The predicted molar refractivity (Wildman–Crippen MR) is 86.1 cm³/mol. The first kappa shape index (κ1) is 16.2. The third kappa shape index (κ3) is 4.92. The van der Waals surface area contributed by atoms with Gasteiger partial charge in [-0.2, -0.15) is 0 Å². The van der Waals surface area contributed by atoms with Crippen molar-refractivity contribution in [2.45, 2.75) is 39.5 Å². The van der Waals surface area contributed by atoms with Crippen LogP contribution in [0.25, 0.3) is 0 Å². The molecule has 1 aromatic rings. The fraction of sp³-hybridized carbons (Fsp3) is 0.667. The van der Waals surface area contributed by atoms with Crippen LogP contribution in [0.15, 0.2) is 24.5 Å². The number of nitrogens with zero attached hydrogens (tertiary/aromatic N) is 2. The van der Waals surface area contributed by atoms with Crippen molar-refractivity contribution in [3.8, 4) is 0 Å². The summed E-state index contributed by atoms with van der Waals surface area (Å²) < 4.78 is 0. The molecule has 1 heterocycles. The number of pyridine rings is 1. The van der Waals surface area contributed by atoms with Crippen molar-refractivity contribution in [1.29, 1.82) is 0 Å². The second-order valence-corrected chi connectivity index (χ2v) is 6.81. The second kappa shape index (κ2) is 7.69. The quantitative estimate of drug-likeness (QED) is 0.806. The molecule has 0 bridgehead atoms. The standard InChI is InChI=1S/C18H28N2O/c1-14(2)16-4-5-18(21)17(12-16)13-20(3)11-8-15-6-9-19-10-7-15/h6-7,9-10,14,16-17H,4-5,8,11-13H2,1-3H3. The third-order valence-electron chi connectivity index (χ3n) is 4.81. The Labute approximate surface area is 128 Å². The van der Waals surface area contributed by atoms with Crippen molar-refractivity contribution in [1.82, 2.24) is 9.88 Å². The number of likely N-dealkylation sites (N-methyl/N-ethyl adjacent to an activating group) is 1. The van der Waals surface area contributed by atoms with E-state index in [4.69, 9.17) is 0 Å². The van der Waals surface area contributed by atoms with Crippen LogP contribution in [0, 0.1) is 17.8 Å². The molecule has 1 saturated carbocycles. The van der Waals surface area contributed by atoms with E-state index in [2.05, 4.69) is 42.9 Å². The van der Waals surface area contributed by atoms with Gasteiger partial charge in [0.1, 0.15) is 5.78 Å². The fourth-order valence-corrected chi connectivity index (χ4v) is 3.27. The van der Waals surface area contributed by atoms with Crippen LogP contribution in [0.4, 0.5) is 0 Å². The molecule has 0 saturated heterocycles. The molecule has 0 radical (unpaired) electrons. The Morgan fingerprint density at radius 1 is 1.33 bits per heavy atom. The number of hydrogen-bond acceptors (Lipinski definition) is 3. The molecule has 0 spiro atoms. The van der Waals surface area contributed by atoms with E-state index in [0.717, 1.165) is 44.7 Å². The number of aromatic nitrogens is 1. The Morgan fingerprint density at radius 3 is 2.71 bits per heavy atom. The number of rotatable bonds is 6. The van der Waals surface area contributed by atoms with Gasteiger partial charge in [0.2, 0.25) is 0 Å². The van der Waals surface area contributed by atoms with E-state index in [1.165, 1.54) is 5.56 Å². The summed E-state index contributed by atoms with van der Waals surface area (Å²) in [5.41, 5.74) is 1.31. The fourth-order valence-electron chi connectivity index (χ4n) is 3.27. The van der Waals surface area contributed by atoms with Gasteiger partial charge in [0, 0.05) is 37.8 Å². The second-order valence-electron chi connectivity index (χ2n) is 6.81. The zero-order chi connectivity index (χ0) is 15.2. The highest BCUT2D eigenvalue weighted by atomic mass is 16.1. The van der Waals surface area contributed by atoms with E-state index < -0.39 is 0 Å². The molecule has 0 aliphatic heterocycles. The summed E-state index contributed by atoms with van der Waals surface area (Å²) in [5.74, 6) is 2.14. The van der Waals surface area contributed by atoms with Gasteiger partial charge >= 0.3 is 0 Å². The molecule has 1 aliphatic carbocycles. The molecule has 21 heavy (non-hydrogen) atoms. The predicted octanol–water partition coefficient (Wildman–Crippen LogP) is 3.20. The molecular formula is C18H28N2O. The van der Waals surface area contributed by atoms with Gasteiger partial charge in [-0.05, 0) is 55.8 Å². The molecule has 0 amide bonds. The topological polar surface area (TPSA) is 33.2 Å². The van der Waals surface area contributed by atoms with Crippen molar-refractivity contribution in [2.24, 2.45) is 17.8 Å². The Kier molecular flexibility index (Phi) is 5.92. The van der Waals surface area contributed by atoms with Gasteiger partial charge in [0.15, 0.2) is 0 Å². The smallest absolute Gasteiger partial charge is 0.137 e. The van der Waals surface area contributed by atoms with Crippen LogP contribution in [-0.4, -0.2) is 35.8 Å². The van der Waals surface area contributed by atoms with Crippen molar-refractivity contribution in [3.63, 3.8) is 0 Å². The van der Waals surface area contributed by atoms with Crippen LogP contribution in [0.2, 0.25) is 0 Å². The zero-order valence-electron chi connectivity index (χ0n) is 13.6. The largest absolute Gasteiger partial charge is 0.305 e. The average molecular weight is 288 g/mol. The summed E-state index contributed by atoms with van der Waals surface area (Å²) in [6, 6.07) is 4.13. The van der Waals surface area contributed by atoms with Crippen molar-refractivity contribution in [2.75, 3.05) is 20.1 Å². The lowest BCUT2D eigenvalue weighted by Crippen LogP contribution is -2.36. The van der Waals surface area contributed by atoms with Gasteiger partial charge in [-0.15, -0.1) is 0 Å². The van der Waals surface area contributed by atoms with E-state index in [9.17, 15) is 4.79 Å². The van der Waals surface area contributed by atoms with E-state index in [-0.39, 0.29) is 5.92 Å². The number of ketones is 1. The molecule has 1 fully saturated rings. The minimum Gasteiger partial charge on any atom is -0.305 e. The molecule has 3 nitrogen and oxygen atoms in total. The van der Waals surface area contributed by atoms with Crippen molar-refractivity contribution >= 4 is 5.78 Å². The van der Waals surface area contributed by atoms with Crippen molar-refractivity contribution in [3.05, 3.63) is 30.1 Å². The normalized spacial score (nSPS) is 23.0. The first-order valence-electron chi connectivity index (χ1n) is 8.16. The summed E-state index contributed by atoms with van der Waals surface area (Å²) >= 11 is 0. The molecule has 0 N–H and O–H groups in total. The van der Waals surface area contributed by atoms with Crippen LogP contribution >= 0.6 is 0 Å². The highest BCUT2D eigenvalue weighted by molar-refractivity contribution is 5.82. The Balaban J connectivity index is 1.80. The summed E-state index contributed by atoms with van der Waals surface area (Å²) in [4.78, 5) is 18.5. The molecule has 1 aromatic heterocycles. The van der Waals surface area contributed by atoms with Crippen LogP contribution in [0.3, 0.4) is 0 Å². The maximum Gasteiger partial charge on any atom is 0.137 e. The van der Waals surface area contributed by atoms with E-state index in [1.807, 2.05) is 12.4 Å². The van der Waals surface area contributed by atoms with Gasteiger partial charge in [0.05, 0.1) is 0 Å². The van der Waals surface area contributed by atoms with Gasteiger partial charge < -0.3 is 4.90 Å². The van der Waals surface area contributed by atoms with Gasteiger partial charge in [-0.3, -0.25) is 9.78 Å². The lowest BCUT2D eigenvalue weighted by Gasteiger charge is -2.32. The van der Waals surface area contributed by atoms with Gasteiger partial charge in [0.25, 0.3) is 0 Å². The zero-order valence-corrected chi connectivity index (χ0v) is 13.6. The summed E-state index contributed by atoms with van der Waals surface area (Å²) in [7, 11) is 2.13. The molecule has 116 valence electrons. The molecule has 1 aliphatic rings. The van der Waals surface area contributed by atoms with E-state index in [1.54, 1.807) is 0 Å². The monoisotopic (exact) mass is 288 g/mol. The Hall–Kier alpha value is -1.22. The van der Waals surface area contributed by atoms with Crippen LogP contribution < -0.4 is 0 Å². The third-order valence-corrected chi connectivity index (χ3v) is 4.81. The first-order valence-corrected chi connectivity index (χ1v) is 8.16.